The zero-order valence-corrected chi connectivity index (χ0v) is 21.4. The van der Waals surface area contributed by atoms with Crippen LogP contribution in [0.3, 0.4) is 0 Å². The molecule has 5 aromatic rings. The second kappa shape index (κ2) is 8.24. The van der Waals surface area contributed by atoms with Crippen LogP contribution in [0, 0.1) is 0 Å². The predicted octanol–water partition coefficient (Wildman–Crippen LogP) is 4.72. The van der Waals surface area contributed by atoms with Gasteiger partial charge in [-0.1, -0.05) is 0 Å². The van der Waals surface area contributed by atoms with Crippen molar-refractivity contribution in [3.8, 4) is 28.0 Å². The molecule has 0 atom stereocenters. The van der Waals surface area contributed by atoms with Gasteiger partial charge in [-0.2, -0.15) is 0 Å². The molecule has 0 radical (unpaired) electrons. The Kier molecular flexibility index (Phi) is 5.07. The molecule has 0 saturated carbocycles. The first-order chi connectivity index (χ1) is 16.3. The van der Waals surface area contributed by atoms with E-state index in [1.54, 1.807) is 7.11 Å². The normalized spacial score (nSPS) is 13.2. The third-order valence-electron chi connectivity index (χ3n) is 6.89. The molecule has 33 heavy (non-hydrogen) atoms. The van der Waals surface area contributed by atoms with Crippen molar-refractivity contribution in [1.29, 1.82) is 0 Å². The molecular weight excluding hydrogens is 507 g/mol. The van der Waals surface area contributed by atoms with Crippen LogP contribution in [-0.2, 0) is 0 Å². The van der Waals surface area contributed by atoms with Crippen molar-refractivity contribution in [2.24, 2.45) is 0 Å². The third-order valence-corrected chi connectivity index (χ3v) is 21.0. The van der Waals surface area contributed by atoms with Crippen LogP contribution >= 0.6 is 0 Å². The molecule has 0 bridgehead atoms. The molecule has 5 aromatic carbocycles. The summed E-state index contributed by atoms with van der Waals surface area (Å²) in [4.78, 5) is 0. The Morgan fingerprint density at radius 3 is 1.45 bits per heavy atom. The number of methoxy groups -OCH3 is 1. The molecule has 2 heteroatoms. The SMILES string of the molecule is COc1cc[c]([Sn]2([c]3ccccc3-c3ccccc3)[c]3ccccc3-c3cccc[c]32)cc1. The first-order valence-electron chi connectivity index (χ1n) is 11.3. The average molecular weight is 531 g/mol. The Bertz CT molecular complexity index is 1390. The van der Waals surface area contributed by atoms with Gasteiger partial charge in [0.15, 0.2) is 0 Å². The molecule has 1 heterocycles. The van der Waals surface area contributed by atoms with Crippen LogP contribution in [0.2, 0.25) is 0 Å². The van der Waals surface area contributed by atoms with Gasteiger partial charge >= 0.3 is 200 Å². The minimum absolute atomic E-state index is 0.899. The summed E-state index contributed by atoms with van der Waals surface area (Å²) in [7, 11) is 1.74. The van der Waals surface area contributed by atoms with Crippen molar-refractivity contribution in [3.63, 3.8) is 0 Å². The maximum absolute atomic E-state index is 5.53. The summed E-state index contributed by atoms with van der Waals surface area (Å²) in [6.07, 6.45) is 0. The molecule has 0 saturated heterocycles. The molecule has 0 N–H and O–H groups in total. The summed E-state index contributed by atoms with van der Waals surface area (Å²) in [5, 5.41) is 0. The van der Waals surface area contributed by atoms with Crippen LogP contribution in [0.5, 0.6) is 5.75 Å². The van der Waals surface area contributed by atoms with E-state index in [2.05, 4.69) is 127 Å². The van der Waals surface area contributed by atoms with Gasteiger partial charge in [-0.15, -0.1) is 0 Å². The minimum atomic E-state index is -3.63. The molecule has 0 aliphatic carbocycles. The van der Waals surface area contributed by atoms with Crippen LogP contribution in [0.1, 0.15) is 0 Å². The van der Waals surface area contributed by atoms with E-state index in [0.29, 0.717) is 0 Å². The molecule has 6 rings (SSSR count). The van der Waals surface area contributed by atoms with Gasteiger partial charge < -0.3 is 0 Å². The number of fused-ring (bicyclic) bond motifs is 3. The number of ether oxygens (including phenoxy) is 1. The van der Waals surface area contributed by atoms with Crippen molar-refractivity contribution >= 4 is 32.7 Å². The Hall–Kier alpha value is -3.30. The Morgan fingerprint density at radius 1 is 0.455 bits per heavy atom. The number of rotatable bonds is 4. The molecule has 1 aliphatic rings. The van der Waals surface area contributed by atoms with Crippen molar-refractivity contribution in [2.45, 2.75) is 0 Å². The monoisotopic (exact) mass is 532 g/mol. The van der Waals surface area contributed by atoms with Gasteiger partial charge in [0.05, 0.1) is 0 Å². The number of hydrogen-bond donors (Lipinski definition) is 0. The number of hydrogen-bond acceptors (Lipinski definition) is 1. The molecular formula is C31H24OSn. The molecule has 0 unspecified atom stereocenters. The third kappa shape index (κ3) is 3.06. The van der Waals surface area contributed by atoms with E-state index >= 15 is 0 Å². The van der Waals surface area contributed by atoms with Gasteiger partial charge in [-0.05, 0) is 0 Å². The van der Waals surface area contributed by atoms with Crippen molar-refractivity contribution in [3.05, 3.63) is 127 Å². The van der Waals surface area contributed by atoms with E-state index in [-0.39, 0.29) is 0 Å². The van der Waals surface area contributed by atoms with Crippen LogP contribution in [-0.4, -0.2) is 25.5 Å². The van der Waals surface area contributed by atoms with Crippen LogP contribution in [0.25, 0.3) is 22.3 Å². The van der Waals surface area contributed by atoms with Crippen LogP contribution < -0.4 is 19.1 Å². The Balaban J connectivity index is 1.77. The quantitative estimate of drug-likeness (QED) is 0.300. The summed E-state index contributed by atoms with van der Waals surface area (Å²) in [5.74, 6) is 0.899. The Labute approximate surface area is 199 Å². The van der Waals surface area contributed by atoms with Gasteiger partial charge in [0.1, 0.15) is 0 Å². The number of benzene rings is 5. The van der Waals surface area contributed by atoms with Gasteiger partial charge in [0, 0.05) is 0 Å². The molecule has 0 spiro atoms. The standard InChI is InChI=1S/C12H9.C12H8.C7H7O.Sn/c2*1-3-7-11(8-4-1)12-9-5-2-6-10-12;1-8-7-5-3-2-4-6-7;/h1-9H;1-7,9H;3-6H,1H3;. The van der Waals surface area contributed by atoms with Crippen LogP contribution in [0.15, 0.2) is 127 Å². The summed E-state index contributed by atoms with van der Waals surface area (Å²) < 4.78 is 11.5. The molecule has 1 nitrogen and oxygen atoms in total. The van der Waals surface area contributed by atoms with E-state index < -0.39 is 18.4 Å². The summed E-state index contributed by atoms with van der Waals surface area (Å²) in [5.41, 5.74) is 5.40. The summed E-state index contributed by atoms with van der Waals surface area (Å²) in [6.45, 7) is 0. The van der Waals surface area contributed by atoms with Gasteiger partial charge in [-0.25, -0.2) is 0 Å². The van der Waals surface area contributed by atoms with Crippen molar-refractivity contribution in [2.75, 3.05) is 7.11 Å². The Morgan fingerprint density at radius 2 is 0.909 bits per heavy atom. The predicted molar refractivity (Wildman–Crippen MR) is 141 cm³/mol. The first kappa shape index (κ1) is 20.3. The fourth-order valence-electron chi connectivity index (χ4n) is 5.51. The van der Waals surface area contributed by atoms with E-state index in [1.807, 2.05) is 0 Å². The van der Waals surface area contributed by atoms with Crippen LogP contribution in [0.4, 0.5) is 0 Å². The van der Waals surface area contributed by atoms with Gasteiger partial charge in [0.2, 0.25) is 0 Å². The second-order valence-corrected chi connectivity index (χ2v) is 19.0. The van der Waals surface area contributed by atoms with E-state index in [0.717, 1.165) is 5.75 Å². The van der Waals surface area contributed by atoms with E-state index in [1.165, 1.54) is 36.6 Å². The van der Waals surface area contributed by atoms with Crippen molar-refractivity contribution < 1.29 is 4.74 Å². The maximum atomic E-state index is 5.53. The first-order valence-corrected chi connectivity index (χ1v) is 17.0. The fraction of sp³-hybridized carbons (Fsp3) is 0.0323. The van der Waals surface area contributed by atoms with Gasteiger partial charge in [-0.3, -0.25) is 0 Å². The average Bonchev–Trinajstić information content (AvgIpc) is 3.20. The molecule has 0 amide bonds. The van der Waals surface area contributed by atoms with Gasteiger partial charge in [0.25, 0.3) is 0 Å². The molecule has 1 aliphatic heterocycles. The second-order valence-electron chi connectivity index (χ2n) is 8.48. The molecule has 0 aromatic heterocycles. The van der Waals surface area contributed by atoms with E-state index in [9.17, 15) is 0 Å². The fourth-order valence-corrected chi connectivity index (χ4v) is 20.9. The topological polar surface area (TPSA) is 9.23 Å². The molecule has 158 valence electrons. The molecule has 0 fully saturated rings. The zero-order valence-electron chi connectivity index (χ0n) is 18.5. The summed E-state index contributed by atoms with van der Waals surface area (Å²) in [6, 6.07) is 47.0. The van der Waals surface area contributed by atoms with Crippen molar-refractivity contribution in [1.82, 2.24) is 0 Å². The summed E-state index contributed by atoms with van der Waals surface area (Å²) >= 11 is -3.63. The zero-order chi connectivity index (χ0) is 22.3. The van der Waals surface area contributed by atoms with E-state index in [4.69, 9.17) is 4.74 Å².